The molecule has 0 unspecified atom stereocenters. The highest BCUT2D eigenvalue weighted by molar-refractivity contribution is 9.10. The van der Waals surface area contributed by atoms with Gasteiger partial charge in [-0.05, 0) is 40.9 Å². The van der Waals surface area contributed by atoms with Crippen molar-refractivity contribution in [3.05, 3.63) is 40.4 Å². The van der Waals surface area contributed by atoms with E-state index in [9.17, 15) is 0 Å². The molecule has 0 saturated heterocycles. The largest absolute Gasteiger partial charge is 0.381 e. The zero-order valence-electron chi connectivity index (χ0n) is 8.20. The first-order valence-corrected chi connectivity index (χ1v) is 5.70. The molecule has 1 aromatic rings. The maximum atomic E-state index is 9.04. The lowest BCUT2D eigenvalue weighted by Crippen LogP contribution is -2.15. The normalized spacial score (nSPS) is 15.2. The fraction of sp³-hybridized carbons (Fsp3) is 0.250. The minimum absolute atomic E-state index is 0.436. The van der Waals surface area contributed by atoms with Crippen LogP contribution in [0, 0.1) is 11.3 Å². The van der Waals surface area contributed by atoms with Crippen LogP contribution in [0.5, 0.6) is 0 Å². The third-order valence-corrected chi connectivity index (χ3v) is 3.15. The first-order valence-electron chi connectivity index (χ1n) is 4.91. The van der Waals surface area contributed by atoms with Crippen LogP contribution >= 0.6 is 15.9 Å². The molecule has 0 heterocycles. The monoisotopic (exact) mass is 262 g/mol. The Kier molecular flexibility index (Phi) is 3.08. The van der Waals surface area contributed by atoms with Gasteiger partial charge in [-0.15, -0.1) is 0 Å². The minimum Gasteiger partial charge on any atom is -0.381 e. The van der Waals surface area contributed by atoms with Gasteiger partial charge < -0.3 is 5.32 Å². The van der Waals surface area contributed by atoms with Crippen molar-refractivity contribution in [3.63, 3.8) is 0 Å². The molecule has 0 radical (unpaired) electrons. The van der Waals surface area contributed by atoms with Crippen molar-refractivity contribution in [2.24, 2.45) is 0 Å². The molecule has 2 nitrogen and oxygen atoms in total. The van der Waals surface area contributed by atoms with Crippen LogP contribution in [-0.4, -0.2) is 6.04 Å². The van der Waals surface area contributed by atoms with E-state index in [1.807, 2.05) is 18.2 Å². The van der Waals surface area contributed by atoms with Crippen LogP contribution in [0.15, 0.2) is 34.8 Å². The summed E-state index contributed by atoms with van der Waals surface area (Å²) in [5, 5.41) is 12.4. The van der Waals surface area contributed by atoms with Crippen LogP contribution in [-0.2, 0) is 0 Å². The van der Waals surface area contributed by atoms with Crippen molar-refractivity contribution in [3.8, 4) is 6.07 Å². The van der Waals surface area contributed by atoms with E-state index in [0.29, 0.717) is 11.6 Å². The fourth-order valence-corrected chi connectivity index (χ4v) is 2.17. The fourth-order valence-electron chi connectivity index (χ4n) is 1.71. The van der Waals surface area contributed by atoms with Crippen LogP contribution in [0.25, 0.3) is 0 Å². The topological polar surface area (TPSA) is 35.8 Å². The predicted molar refractivity (Wildman–Crippen MR) is 64.6 cm³/mol. The molecule has 15 heavy (non-hydrogen) atoms. The smallest absolute Gasteiger partial charge is 0.103 e. The van der Waals surface area contributed by atoms with E-state index in [0.717, 1.165) is 23.0 Å². The molecule has 1 aromatic carbocycles. The van der Waals surface area contributed by atoms with Gasteiger partial charge in [0.1, 0.15) is 6.07 Å². The van der Waals surface area contributed by atoms with Gasteiger partial charge in [-0.1, -0.05) is 18.2 Å². The molecular weight excluding hydrogens is 252 g/mol. The van der Waals surface area contributed by atoms with Gasteiger partial charge in [0.25, 0.3) is 0 Å². The van der Waals surface area contributed by atoms with Crippen molar-refractivity contribution in [1.82, 2.24) is 0 Å². The van der Waals surface area contributed by atoms with Gasteiger partial charge in [-0.2, -0.15) is 5.26 Å². The highest BCUT2D eigenvalue weighted by Gasteiger charge is 2.12. The summed E-state index contributed by atoms with van der Waals surface area (Å²) in [6.45, 7) is 0. The third-order valence-electron chi connectivity index (χ3n) is 2.49. The van der Waals surface area contributed by atoms with Crippen LogP contribution in [0.1, 0.15) is 18.4 Å². The van der Waals surface area contributed by atoms with Crippen LogP contribution in [0.4, 0.5) is 5.69 Å². The summed E-state index contributed by atoms with van der Waals surface area (Å²) in [6, 6.07) is 8.42. The number of halogens is 1. The van der Waals surface area contributed by atoms with Gasteiger partial charge in [0.15, 0.2) is 0 Å². The van der Waals surface area contributed by atoms with Gasteiger partial charge in [0.05, 0.1) is 11.3 Å². The quantitative estimate of drug-likeness (QED) is 0.829. The molecular formula is C12H11BrN2. The lowest BCUT2D eigenvalue weighted by atomic mass is 10.1. The molecule has 1 aliphatic carbocycles. The number of rotatable bonds is 2. The summed E-state index contributed by atoms with van der Waals surface area (Å²) in [7, 11) is 0. The molecule has 0 saturated carbocycles. The molecule has 0 aromatic heterocycles. The molecule has 1 N–H and O–H groups in total. The van der Waals surface area contributed by atoms with Gasteiger partial charge in [0, 0.05) is 10.5 Å². The van der Waals surface area contributed by atoms with Crippen LogP contribution < -0.4 is 5.32 Å². The summed E-state index contributed by atoms with van der Waals surface area (Å²) < 4.78 is 0.848. The Morgan fingerprint density at radius 3 is 2.73 bits per heavy atom. The number of benzene rings is 1. The van der Waals surface area contributed by atoms with E-state index in [1.54, 1.807) is 0 Å². The summed E-state index contributed by atoms with van der Waals surface area (Å²) in [4.78, 5) is 0. The molecule has 76 valence electrons. The van der Waals surface area contributed by atoms with E-state index in [1.165, 1.54) is 0 Å². The molecule has 3 heteroatoms. The highest BCUT2D eigenvalue weighted by Crippen LogP contribution is 2.26. The molecule has 2 rings (SSSR count). The van der Waals surface area contributed by atoms with Crippen molar-refractivity contribution in [2.75, 3.05) is 5.32 Å². The summed E-state index contributed by atoms with van der Waals surface area (Å²) in [5.74, 6) is 0. The SMILES string of the molecule is N#Cc1c(Br)cccc1NC1CC=CC1. The first kappa shape index (κ1) is 10.3. The second-order valence-corrected chi connectivity index (χ2v) is 4.41. The lowest BCUT2D eigenvalue weighted by Gasteiger charge is -2.15. The van der Waals surface area contributed by atoms with Gasteiger partial charge in [0.2, 0.25) is 0 Å². The zero-order valence-corrected chi connectivity index (χ0v) is 9.79. The number of nitrogens with zero attached hydrogens (tertiary/aromatic N) is 1. The van der Waals surface area contributed by atoms with E-state index in [4.69, 9.17) is 5.26 Å². The summed E-state index contributed by atoms with van der Waals surface area (Å²) >= 11 is 3.38. The number of nitriles is 1. The van der Waals surface area contributed by atoms with Crippen LogP contribution in [0.3, 0.4) is 0 Å². The Labute approximate surface area is 97.7 Å². The number of nitrogens with one attached hydrogen (secondary N) is 1. The third kappa shape index (κ3) is 2.21. The van der Waals surface area contributed by atoms with Crippen molar-refractivity contribution < 1.29 is 0 Å². The molecule has 1 aliphatic rings. The highest BCUT2D eigenvalue weighted by atomic mass is 79.9. The standard InChI is InChI=1S/C12H11BrN2/c13-11-6-3-7-12(10(11)8-14)15-9-4-1-2-5-9/h1-3,6-7,9,15H,4-5H2. The molecule has 0 amide bonds. The predicted octanol–water partition coefficient (Wildman–Crippen LogP) is 3.45. The van der Waals surface area contributed by atoms with Crippen molar-refractivity contribution in [1.29, 1.82) is 5.26 Å². The average molecular weight is 263 g/mol. The Balaban J connectivity index is 2.21. The van der Waals surface area contributed by atoms with Crippen molar-refractivity contribution in [2.45, 2.75) is 18.9 Å². The molecule has 0 atom stereocenters. The molecule has 0 spiro atoms. The maximum absolute atomic E-state index is 9.04. The average Bonchev–Trinajstić information content (AvgIpc) is 2.71. The van der Waals surface area contributed by atoms with Gasteiger partial charge in [-0.25, -0.2) is 0 Å². The Morgan fingerprint density at radius 2 is 2.07 bits per heavy atom. The van der Waals surface area contributed by atoms with Crippen LogP contribution in [0.2, 0.25) is 0 Å². The first-order chi connectivity index (χ1) is 7.31. The van der Waals surface area contributed by atoms with Crippen molar-refractivity contribution >= 4 is 21.6 Å². The second-order valence-electron chi connectivity index (χ2n) is 3.56. The lowest BCUT2D eigenvalue weighted by molar-refractivity contribution is 0.786. The minimum atomic E-state index is 0.436. The number of hydrogen-bond acceptors (Lipinski definition) is 2. The van der Waals surface area contributed by atoms with Gasteiger partial charge in [-0.3, -0.25) is 0 Å². The summed E-state index contributed by atoms with van der Waals surface area (Å²) in [5.41, 5.74) is 1.60. The molecule has 0 bridgehead atoms. The Bertz CT molecular complexity index is 424. The number of hydrogen-bond donors (Lipinski definition) is 1. The summed E-state index contributed by atoms with van der Waals surface area (Å²) in [6.07, 6.45) is 6.41. The Hall–Kier alpha value is -1.27. The number of anilines is 1. The molecule has 0 fully saturated rings. The van der Waals surface area contributed by atoms with E-state index in [-0.39, 0.29) is 0 Å². The van der Waals surface area contributed by atoms with E-state index < -0.39 is 0 Å². The zero-order chi connectivity index (χ0) is 10.7. The maximum Gasteiger partial charge on any atom is 0.103 e. The molecule has 0 aliphatic heterocycles. The van der Waals surface area contributed by atoms with Gasteiger partial charge >= 0.3 is 0 Å². The van der Waals surface area contributed by atoms with E-state index in [2.05, 4.69) is 39.5 Å². The Morgan fingerprint density at radius 1 is 1.33 bits per heavy atom. The van der Waals surface area contributed by atoms with E-state index >= 15 is 0 Å². The second kappa shape index (κ2) is 4.50.